The number of hydrogen-bond donors (Lipinski definition) is 3. The molecule has 8 nitrogen and oxygen atoms in total. The first-order chi connectivity index (χ1) is 14.2. The summed E-state index contributed by atoms with van der Waals surface area (Å²) < 4.78 is 11.1. The lowest BCUT2D eigenvalue weighted by atomic mass is 10.1. The Morgan fingerprint density at radius 1 is 0.931 bits per heavy atom. The first kappa shape index (κ1) is 18.5. The molecule has 0 spiro atoms. The Labute approximate surface area is 167 Å². The van der Waals surface area contributed by atoms with E-state index in [0.29, 0.717) is 54.6 Å². The number of amides is 2. The van der Waals surface area contributed by atoms with Gasteiger partial charge in [0.1, 0.15) is 13.2 Å². The van der Waals surface area contributed by atoms with Gasteiger partial charge < -0.3 is 20.1 Å². The predicted octanol–water partition coefficient (Wildman–Crippen LogP) is 2.01. The molecule has 2 aromatic carbocycles. The van der Waals surface area contributed by atoms with Crippen molar-refractivity contribution in [1.29, 1.82) is 0 Å². The van der Waals surface area contributed by atoms with Crippen LogP contribution in [-0.2, 0) is 0 Å². The summed E-state index contributed by atoms with van der Waals surface area (Å²) in [5.41, 5.74) is 2.35. The molecular weight excluding hydrogens is 372 g/mol. The highest BCUT2D eigenvalue weighted by molar-refractivity contribution is 6.00. The zero-order valence-electron chi connectivity index (χ0n) is 15.6. The molecular formula is C21H20N4O4. The smallest absolute Gasteiger partial charge is 0.255 e. The molecule has 0 saturated heterocycles. The number of nitrogens with zero attached hydrogens (tertiary/aromatic N) is 1. The van der Waals surface area contributed by atoms with Crippen LogP contribution in [-0.4, -0.2) is 48.3 Å². The van der Waals surface area contributed by atoms with Gasteiger partial charge in [-0.25, -0.2) is 0 Å². The van der Waals surface area contributed by atoms with Crippen LogP contribution in [0.5, 0.6) is 11.5 Å². The van der Waals surface area contributed by atoms with Gasteiger partial charge in [-0.1, -0.05) is 18.2 Å². The standard InChI is InChI=1S/C21H20N4O4/c26-20(14-4-2-1-3-5-14)22-8-9-23-21(27)16-13-24-25-19(16)15-6-7-17-18(12-15)29-11-10-28-17/h1-7,12-13H,8-11H2,(H,22,26)(H,23,27)(H,24,25). The SMILES string of the molecule is O=C(NCCNC(=O)c1cn[nH]c1-c1ccc2c(c1)OCCO2)c1ccccc1. The minimum Gasteiger partial charge on any atom is -0.486 e. The molecule has 2 amide bonds. The van der Waals surface area contributed by atoms with E-state index < -0.39 is 0 Å². The summed E-state index contributed by atoms with van der Waals surface area (Å²) in [6.07, 6.45) is 1.48. The van der Waals surface area contributed by atoms with E-state index in [-0.39, 0.29) is 11.8 Å². The van der Waals surface area contributed by atoms with Crippen molar-refractivity contribution in [2.24, 2.45) is 0 Å². The van der Waals surface area contributed by atoms with Gasteiger partial charge in [0, 0.05) is 24.2 Å². The van der Waals surface area contributed by atoms with Gasteiger partial charge in [0.2, 0.25) is 0 Å². The summed E-state index contributed by atoms with van der Waals surface area (Å²) in [6, 6.07) is 14.4. The van der Waals surface area contributed by atoms with Gasteiger partial charge in [0.25, 0.3) is 11.8 Å². The number of fused-ring (bicyclic) bond motifs is 1. The summed E-state index contributed by atoms with van der Waals surface area (Å²) >= 11 is 0. The van der Waals surface area contributed by atoms with Crippen LogP contribution in [0.1, 0.15) is 20.7 Å². The highest BCUT2D eigenvalue weighted by Crippen LogP contribution is 2.34. The number of aromatic amines is 1. The first-order valence-corrected chi connectivity index (χ1v) is 9.27. The van der Waals surface area contributed by atoms with Gasteiger partial charge in [0.05, 0.1) is 17.5 Å². The fourth-order valence-corrected chi connectivity index (χ4v) is 3.02. The molecule has 0 atom stereocenters. The van der Waals surface area contributed by atoms with Crippen LogP contribution in [0.2, 0.25) is 0 Å². The number of rotatable bonds is 6. The van der Waals surface area contributed by atoms with Crippen molar-refractivity contribution in [3.8, 4) is 22.8 Å². The van der Waals surface area contributed by atoms with Crippen LogP contribution in [0.25, 0.3) is 11.3 Å². The van der Waals surface area contributed by atoms with E-state index >= 15 is 0 Å². The Kier molecular flexibility index (Phi) is 5.42. The van der Waals surface area contributed by atoms with E-state index in [2.05, 4.69) is 20.8 Å². The molecule has 0 saturated carbocycles. The molecule has 0 bridgehead atoms. The van der Waals surface area contributed by atoms with Crippen molar-refractivity contribution >= 4 is 11.8 Å². The van der Waals surface area contributed by atoms with Crippen LogP contribution in [0.3, 0.4) is 0 Å². The van der Waals surface area contributed by atoms with Gasteiger partial charge >= 0.3 is 0 Å². The van der Waals surface area contributed by atoms with E-state index in [4.69, 9.17) is 9.47 Å². The summed E-state index contributed by atoms with van der Waals surface area (Å²) in [7, 11) is 0. The maximum absolute atomic E-state index is 12.6. The van der Waals surface area contributed by atoms with Crippen molar-refractivity contribution in [3.63, 3.8) is 0 Å². The lowest BCUT2D eigenvalue weighted by molar-refractivity contribution is 0.0928. The molecule has 0 aliphatic carbocycles. The number of benzene rings is 2. The Balaban J connectivity index is 1.36. The van der Waals surface area contributed by atoms with E-state index in [1.165, 1.54) is 6.20 Å². The number of ether oxygens (including phenoxy) is 2. The summed E-state index contributed by atoms with van der Waals surface area (Å²) in [5, 5.41) is 12.4. The zero-order chi connectivity index (χ0) is 20.1. The zero-order valence-corrected chi connectivity index (χ0v) is 15.6. The number of nitrogens with one attached hydrogen (secondary N) is 3. The van der Waals surface area contributed by atoms with Gasteiger partial charge in [-0.05, 0) is 30.3 Å². The minimum atomic E-state index is -0.280. The maximum Gasteiger partial charge on any atom is 0.255 e. The Morgan fingerprint density at radius 3 is 2.45 bits per heavy atom. The quantitative estimate of drug-likeness (QED) is 0.557. The summed E-state index contributed by atoms with van der Waals surface area (Å²) in [5.74, 6) is 0.857. The molecule has 0 unspecified atom stereocenters. The van der Waals surface area contributed by atoms with Crippen LogP contribution in [0, 0.1) is 0 Å². The molecule has 4 rings (SSSR count). The lowest BCUT2D eigenvalue weighted by Crippen LogP contribution is -2.34. The monoisotopic (exact) mass is 392 g/mol. The van der Waals surface area contributed by atoms with Crippen LogP contribution >= 0.6 is 0 Å². The van der Waals surface area contributed by atoms with Gasteiger partial charge in [-0.3, -0.25) is 14.7 Å². The average molecular weight is 392 g/mol. The second kappa shape index (κ2) is 8.47. The molecule has 0 radical (unpaired) electrons. The Morgan fingerprint density at radius 2 is 1.66 bits per heavy atom. The van der Waals surface area contributed by atoms with E-state index in [9.17, 15) is 9.59 Å². The molecule has 0 fully saturated rings. The van der Waals surface area contributed by atoms with E-state index in [1.807, 2.05) is 24.3 Å². The van der Waals surface area contributed by atoms with E-state index in [1.54, 1.807) is 24.3 Å². The minimum absolute atomic E-state index is 0.180. The van der Waals surface area contributed by atoms with Gasteiger partial charge in [-0.15, -0.1) is 0 Å². The van der Waals surface area contributed by atoms with Gasteiger partial charge in [0.15, 0.2) is 11.5 Å². The average Bonchev–Trinajstić information content (AvgIpc) is 3.27. The fourth-order valence-electron chi connectivity index (χ4n) is 3.02. The summed E-state index contributed by atoms with van der Waals surface area (Å²) in [6.45, 7) is 1.62. The number of hydrogen-bond acceptors (Lipinski definition) is 5. The molecule has 2 heterocycles. The van der Waals surface area contributed by atoms with Crippen LogP contribution in [0.15, 0.2) is 54.7 Å². The van der Waals surface area contributed by atoms with Crippen molar-refractivity contribution in [1.82, 2.24) is 20.8 Å². The third-order valence-corrected chi connectivity index (χ3v) is 4.45. The number of aromatic nitrogens is 2. The fraction of sp³-hybridized carbons (Fsp3) is 0.190. The largest absolute Gasteiger partial charge is 0.486 e. The van der Waals surface area contributed by atoms with E-state index in [0.717, 1.165) is 5.56 Å². The normalized spacial score (nSPS) is 12.3. The molecule has 1 aliphatic rings. The maximum atomic E-state index is 12.6. The highest BCUT2D eigenvalue weighted by Gasteiger charge is 2.18. The second-order valence-electron chi connectivity index (χ2n) is 6.39. The molecule has 148 valence electrons. The number of carbonyl (C=O) groups is 2. The third-order valence-electron chi connectivity index (χ3n) is 4.45. The summed E-state index contributed by atoms with van der Waals surface area (Å²) in [4.78, 5) is 24.6. The molecule has 1 aromatic heterocycles. The van der Waals surface area contributed by atoms with Gasteiger partial charge in [-0.2, -0.15) is 5.10 Å². The Hall–Kier alpha value is -3.81. The molecule has 1 aliphatic heterocycles. The predicted molar refractivity (Wildman–Crippen MR) is 106 cm³/mol. The Bertz CT molecular complexity index is 1020. The van der Waals surface area contributed by atoms with Crippen molar-refractivity contribution < 1.29 is 19.1 Å². The molecule has 29 heavy (non-hydrogen) atoms. The van der Waals surface area contributed by atoms with Crippen LogP contribution in [0.4, 0.5) is 0 Å². The van der Waals surface area contributed by atoms with Crippen molar-refractivity contribution in [2.45, 2.75) is 0 Å². The molecule has 8 heteroatoms. The van der Waals surface area contributed by atoms with Crippen molar-refractivity contribution in [3.05, 3.63) is 65.9 Å². The number of H-pyrrole nitrogens is 1. The second-order valence-corrected chi connectivity index (χ2v) is 6.39. The molecule has 3 aromatic rings. The lowest BCUT2D eigenvalue weighted by Gasteiger charge is -2.18. The number of carbonyl (C=O) groups excluding carboxylic acids is 2. The molecule has 3 N–H and O–H groups in total. The topological polar surface area (TPSA) is 105 Å². The van der Waals surface area contributed by atoms with Crippen LogP contribution < -0.4 is 20.1 Å². The third kappa shape index (κ3) is 4.21. The van der Waals surface area contributed by atoms with Crippen molar-refractivity contribution in [2.75, 3.05) is 26.3 Å². The highest BCUT2D eigenvalue weighted by atomic mass is 16.6. The first-order valence-electron chi connectivity index (χ1n) is 9.27.